The standard InChI is InChI=1S/C7H8F/c1-6-4-2-3-5-7(6)8/h2-5,7H,1H3. The van der Waals surface area contributed by atoms with Crippen molar-refractivity contribution >= 4 is 0 Å². The molecule has 0 fully saturated rings. The molecule has 1 radical (unpaired) electrons. The molecule has 0 aromatic heterocycles. The average molecular weight is 111 g/mol. The molecule has 0 aromatic rings. The first-order valence-corrected chi connectivity index (χ1v) is 2.63. The zero-order chi connectivity index (χ0) is 5.98. The first kappa shape index (κ1) is 5.54. The Morgan fingerprint density at radius 2 is 2.25 bits per heavy atom. The fourth-order valence-corrected chi connectivity index (χ4v) is 0.613. The SMILES string of the molecule is C[C]1C=CC=CC1F. The highest BCUT2D eigenvalue weighted by molar-refractivity contribution is 5.26. The van der Waals surface area contributed by atoms with E-state index in [1.165, 1.54) is 6.08 Å². The lowest BCUT2D eigenvalue weighted by molar-refractivity contribution is 0.423. The topological polar surface area (TPSA) is 0 Å². The van der Waals surface area contributed by atoms with E-state index in [1.807, 2.05) is 6.08 Å². The fourth-order valence-electron chi connectivity index (χ4n) is 0.613. The lowest BCUT2D eigenvalue weighted by atomic mass is 10.0. The van der Waals surface area contributed by atoms with E-state index < -0.39 is 6.17 Å². The van der Waals surface area contributed by atoms with E-state index in [2.05, 4.69) is 0 Å². The number of alkyl halides is 1. The summed E-state index contributed by atoms with van der Waals surface area (Å²) in [6.07, 6.45) is 6.03. The van der Waals surface area contributed by atoms with Crippen LogP contribution in [0.1, 0.15) is 6.92 Å². The van der Waals surface area contributed by atoms with Crippen molar-refractivity contribution in [2.75, 3.05) is 0 Å². The smallest absolute Gasteiger partial charge is 0.128 e. The van der Waals surface area contributed by atoms with Gasteiger partial charge in [-0.15, -0.1) is 0 Å². The zero-order valence-corrected chi connectivity index (χ0v) is 4.76. The zero-order valence-electron chi connectivity index (χ0n) is 4.76. The van der Waals surface area contributed by atoms with Gasteiger partial charge in [-0.1, -0.05) is 25.2 Å². The highest BCUT2D eigenvalue weighted by atomic mass is 19.1. The van der Waals surface area contributed by atoms with E-state index >= 15 is 0 Å². The largest absolute Gasteiger partial charge is 0.242 e. The van der Waals surface area contributed by atoms with Crippen molar-refractivity contribution in [2.24, 2.45) is 0 Å². The van der Waals surface area contributed by atoms with E-state index in [9.17, 15) is 4.39 Å². The molecule has 1 rings (SSSR count). The Kier molecular flexibility index (Phi) is 1.47. The van der Waals surface area contributed by atoms with Crippen LogP contribution in [0.2, 0.25) is 0 Å². The molecule has 0 heterocycles. The van der Waals surface area contributed by atoms with Crippen molar-refractivity contribution in [2.45, 2.75) is 13.1 Å². The predicted molar refractivity (Wildman–Crippen MR) is 32.1 cm³/mol. The molecule has 0 N–H and O–H groups in total. The van der Waals surface area contributed by atoms with Gasteiger partial charge in [-0.2, -0.15) is 0 Å². The minimum atomic E-state index is -0.847. The van der Waals surface area contributed by atoms with Crippen LogP contribution in [-0.2, 0) is 0 Å². The van der Waals surface area contributed by atoms with Crippen LogP contribution in [0, 0.1) is 5.92 Å². The molecule has 1 heteroatoms. The molecule has 0 saturated carbocycles. The third kappa shape index (κ3) is 0.971. The molecule has 1 atom stereocenters. The summed E-state index contributed by atoms with van der Waals surface area (Å²) in [5, 5.41) is 0. The molecule has 0 amide bonds. The summed E-state index contributed by atoms with van der Waals surface area (Å²) in [6, 6.07) is 0. The normalized spacial score (nSPS) is 29.0. The van der Waals surface area contributed by atoms with E-state index in [4.69, 9.17) is 0 Å². The van der Waals surface area contributed by atoms with Gasteiger partial charge >= 0.3 is 0 Å². The first-order valence-electron chi connectivity index (χ1n) is 2.63. The van der Waals surface area contributed by atoms with Gasteiger partial charge in [0.05, 0.1) is 0 Å². The number of halogens is 1. The maximum atomic E-state index is 12.4. The Labute approximate surface area is 48.7 Å². The Morgan fingerprint density at radius 1 is 1.50 bits per heavy atom. The van der Waals surface area contributed by atoms with E-state index in [1.54, 1.807) is 19.1 Å². The summed E-state index contributed by atoms with van der Waals surface area (Å²) in [7, 11) is 0. The molecule has 0 spiro atoms. The van der Waals surface area contributed by atoms with Gasteiger partial charge in [0.25, 0.3) is 0 Å². The van der Waals surface area contributed by atoms with Crippen molar-refractivity contribution in [3.63, 3.8) is 0 Å². The number of allylic oxidation sites excluding steroid dienone is 4. The van der Waals surface area contributed by atoms with Crippen LogP contribution in [0.4, 0.5) is 4.39 Å². The number of rotatable bonds is 0. The summed E-state index contributed by atoms with van der Waals surface area (Å²) in [5.41, 5.74) is 0. The summed E-state index contributed by atoms with van der Waals surface area (Å²) in [6.45, 7) is 1.78. The van der Waals surface area contributed by atoms with Crippen molar-refractivity contribution < 1.29 is 4.39 Å². The van der Waals surface area contributed by atoms with Crippen molar-refractivity contribution in [3.05, 3.63) is 30.2 Å². The van der Waals surface area contributed by atoms with Gasteiger partial charge in [0.15, 0.2) is 0 Å². The first-order chi connectivity index (χ1) is 3.80. The number of hydrogen-bond donors (Lipinski definition) is 0. The Hall–Kier alpha value is -0.590. The minimum absolute atomic E-state index is 0.785. The van der Waals surface area contributed by atoms with Crippen molar-refractivity contribution in [1.82, 2.24) is 0 Å². The summed E-state index contributed by atoms with van der Waals surface area (Å²) < 4.78 is 12.4. The third-order valence-corrected chi connectivity index (χ3v) is 1.19. The van der Waals surface area contributed by atoms with Crippen LogP contribution in [0.5, 0.6) is 0 Å². The molecule has 1 unspecified atom stereocenters. The minimum Gasteiger partial charge on any atom is -0.242 e. The van der Waals surface area contributed by atoms with Crippen LogP contribution >= 0.6 is 0 Å². The summed E-state index contributed by atoms with van der Waals surface area (Å²) in [4.78, 5) is 0. The molecule has 0 aromatic carbocycles. The highest BCUT2D eigenvalue weighted by Gasteiger charge is 2.11. The van der Waals surface area contributed by atoms with Crippen LogP contribution in [0.3, 0.4) is 0 Å². The maximum absolute atomic E-state index is 12.4. The molecule has 0 saturated heterocycles. The molecule has 43 valence electrons. The van der Waals surface area contributed by atoms with Crippen molar-refractivity contribution in [1.29, 1.82) is 0 Å². The van der Waals surface area contributed by atoms with Gasteiger partial charge < -0.3 is 0 Å². The molecular formula is C7H8F. The van der Waals surface area contributed by atoms with Crippen LogP contribution < -0.4 is 0 Å². The Bertz CT molecular complexity index is 108. The maximum Gasteiger partial charge on any atom is 0.128 e. The second-order valence-corrected chi connectivity index (χ2v) is 1.89. The molecule has 8 heavy (non-hydrogen) atoms. The average Bonchev–Trinajstić information content (AvgIpc) is 1.77. The third-order valence-electron chi connectivity index (χ3n) is 1.19. The number of hydrogen-bond acceptors (Lipinski definition) is 0. The highest BCUT2D eigenvalue weighted by Crippen LogP contribution is 2.15. The van der Waals surface area contributed by atoms with E-state index in [0.29, 0.717) is 0 Å². The summed E-state index contributed by atoms with van der Waals surface area (Å²) >= 11 is 0. The van der Waals surface area contributed by atoms with Gasteiger partial charge in [0.2, 0.25) is 0 Å². The van der Waals surface area contributed by atoms with Crippen LogP contribution in [0.25, 0.3) is 0 Å². The van der Waals surface area contributed by atoms with Gasteiger partial charge in [0, 0.05) is 5.92 Å². The van der Waals surface area contributed by atoms with E-state index in [-0.39, 0.29) is 0 Å². The Balaban J connectivity index is 2.59. The summed E-state index contributed by atoms with van der Waals surface area (Å²) in [5.74, 6) is 0.785. The molecule has 1 aliphatic carbocycles. The lowest BCUT2D eigenvalue weighted by Crippen LogP contribution is -2.05. The molecular weight excluding hydrogens is 103 g/mol. The second-order valence-electron chi connectivity index (χ2n) is 1.89. The molecule has 1 aliphatic rings. The van der Waals surface area contributed by atoms with Crippen LogP contribution in [0.15, 0.2) is 24.3 Å². The molecule has 0 bridgehead atoms. The molecule has 0 nitrogen and oxygen atoms in total. The second kappa shape index (κ2) is 2.12. The van der Waals surface area contributed by atoms with Crippen molar-refractivity contribution in [3.8, 4) is 0 Å². The lowest BCUT2D eigenvalue weighted by Gasteiger charge is -2.09. The van der Waals surface area contributed by atoms with Gasteiger partial charge in [-0.05, 0) is 6.08 Å². The quantitative estimate of drug-likeness (QED) is 0.448. The van der Waals surface area contributed by atoms with Gasteiger partial charge in [-0.3, -0.25) is 0 Å². The molecule has 0 aliphatic heterocycles. The predicted octanol–water partition coefficient (Wildman–Crippen LogP) is 2.04. The van der Waals surface area contributed by atoms with Crippen LogP contribution in [-0.4, -0.2) is 6.17 Å². The Morgan fingerprint density at radius 3 is 2.62 bits per heavy atom. The monoisotopic (exact) mass is 111 g/mol. The van der Waals surface area contributed by atoms with Gasteiger partial charge in [-0.25, -0.2) is 4.39 Å². The van der Waals surface area contributed by atoms with E-state index in [0.717, 1.165) is 5.92 Å². The fraction of sp³-hybridized carbons (Fsp3) is 0.286. The van der Waals surface area contributed by atoms with Gasteiger partial charge in [0.1, 0.15) is 6.17 Å².